The quantitative estimate of drug-likeness (QED) is 0.767. The third-order valence-electron chi connectivity index (χ3n) is 3.07. The molecule has 0 heterocycles. The van der Waals surface area contributed by atoms with E-state index in [0.29, 0.717) is 12.5 Å². The molecule has 1 aromatic carbocycles. The summed E-state index contributed by atoms with van der Waals surface area (Å²) in [6, 6.07) is 5.41. The molecule has 0 radical (unpaired) electrons. The van der Waals surface area contributed by atoms with Crippen LogP contribution in [0.25, 0.3) is 0 Å². The van der Waals surface area contributed by atoms with Crippen LogP contribution in [0.2, 0.25) is 0 Å². The summed E-state index contributed by atoms with van der Waals surface area (Å²) in [7, 11) is 0. The Balaban J connectivity index is 2.36. The molecule has 1 aliphatic rings. The molecule has 0 aliphatic heterocycles. The van der Waals surface area contributed by atoms with Gasteiger partial charge in [0.05, 0.1) is 0 Å². The zero-order chi connectivity index (χ0) is 9.97. The second-order valence-corrected chi connectivity index (χ2v) is 3.98. The molecule has 0 saturated carbocycles. The largest absolute Gasteiger partial charge is 0.330 e. The summed E-state index contributed by atoms with van der Waals surface area (Å²) in [5.74, 6) is 0.311. The summed E-state index contributed by atoms with van der Waals surface area (Å²) in [4.78, 5) is 0. The van der Waals surface area contributed by atoms with E-state index in [0.717, 1.165) is 24.8 Å². The Bertz CT molecular complexity index is 322. The number of aryl methyl sites for hydroxylation is 1. The molecular formula is C12H16FN. The van der Waals surface area contributed by atoms with Gasteiger partial charge in [-0.2, -0.15) is 0 Å². The molecule has 2 rings (SSSR count). The maximum absolute atomic E-state index is 13.6. The van der Waals surface area contributed by atoms with Crippen LogP contribution in [0.4, 0.5) is 4.39 Å². The Labute approximate surface area is 84.1 Å². The van der Waals surface area contributed by atoms with Crippen LogP contribution in [0, 0.1) is 5.82 Å². The lowest BCUT2D eigenvalue weighted by Gasteiger charge is -2.25. The summed E-state index contributed by atoms with van der Waals surface area (Å²) < 4.78 is 13.6. The van der Waals surface area contributed by atoms with Gasteiger partial charge in [-0.1, -0.05) is 12.1 Å². The van der Waals surface area contributed by atoms with Gasteiger partial charge in [-0.3, -0.25) is 0 Å². The van der Waals surface area contributed by atoms with Gasteiger partial charge in [0.1, 0.15) is 5.82 Å². The second-order valence-electron chi connectivity index (χ2n) is 3.98. The SMILES string of the molecule is NCCC1CCCc2cccc(F)c21. The Kier molecular flexibility index (Phi) is 2.82. The molecule has 1 atom stereocenters. The van der Waals surface area contributed by atoms with E-state index >= 15 is 0 Å². The minimum Gasteiger partial charge on any atom is -0.330 e. The molecule has 0 spiro atoms. The van der Waals surface area contributed by atoms with Crippen molar-refractivity contribution in [3.05, 3.63) is 35.1 Å². The monoisotopic (exact) mass is 193 g/mol. The van der Waals surface area contributed by atoms with Gasteiger partial charge < -0.3 is 5.73 Å². The van der Waals surface area contributed by atoms with Crippen molar-refractivity contribution < 1.29 is 4.39 Å². The van der Waals surface area contributed by atoms with Gasteiger partial charge in [-0.05, 0) is 55.3 Å². The molecule has 0 saturated heterocycles. The summed E-state index contributed by atoms with van der Waals surface area (Å²) in [5.41, 5.74) is 7.67. The van der Waals surface area contributed by atoms with E-state index in [1.165, 1.54) is 12.0 Å². The Hall–Kier alpha value is -0.890. The first-order valence-corrected chi connectivity index (χ1v) is 5.30. The van der Waals surface area contributed by atoms with Crippen molar-refractivity contribution in [2.75, 3.05) is 6.54 Å². The highest BCUT2D eigenvalue weighted by Gasteiger charge is 2.22. The molecule has 1 aromatic rings. The number of nitrogens with two attached hydrogens (primary N) is 1. The van der Waals surface area contributed by atoms with Gasteiger partial charge in [0.25, 0.3) is 0 Å². The molecular weight excluding hydrogens is 177 g/mol. The van der Waals surface area contributed by atoms with E-state index in [4.69, 9.17) is 5.73 Å². The number of rotatable bonds is 2. The van der Waals surface area contributed by atoms with E-state index in [9.17, 15) is 4.39 Å². The van der Waals surface area contributed by atoms with E-state index in [2.05, 4.69) is 0 Å². The molecule has 14 heavy (non-hydrogen) atoms. The smallest absolute Gasteiger partial charge is 0.126 e. The average Bonchev–Trinajstić information content (AvgIpc) is 2.19. The highest BCUT2D eigenvalue weighted by atomic mass is 19.1. The fraction of sp³-hybridized carbons (Fsp3) is 0.500. The zero-order valence-electron chi connectivity index (χ0n) is 8.30. The summed E-state index contributed by atoms with van der Waals surface area (Å²) in [6.07, 6.45) is 4.19. The van der Waals surface area contributed by atoms with E-state index in [1.54, 1.807) is 12.1 Å². The minimum atomic E-state index is -0.0411. The molecule has 1 aliphatic carbocycles. The first kappa shape index (κ1) is 9.66. The molecule has 2 heteroatoms. The highest BCUT2D eigenvalue weighted by molar-refractivity contribution is 5.33. The maximum Gasteiger partial charge on any atom is 0.126 e. The fourth-order valence-electron chi connectivity index (χ4n) is 2.43. The number of fused-ring (bicyclic) bond motifs is 1. The third kappa shape index (κ3) is 1.67. The molecule has 0 fully saturated rings. The van der Waals surface area contributed by atoms with Crippen LogP contribution in [0.1, 0.15) is 36.3 Å². The van der Waals surface area contributed by atoms with E-state index in [-0.39, 0.29) is 5.82 Å². The first-order chi connectivity index (χ1) is 6.83. The lowest BCUT2D eigenvalue weighted by Crippen LogP contribution is -2.15. The van der Waals surface area contributed by atoms with Crippen LogP contribution in [0.5, 0.6) is 0 Å². The van der Waals surface area contributed by atoms with Crippen LogP contribution in [0.3, 0.4) is 0 Å². The van der Waals surface area contributed by atoms with Gasteiger partial charge in [0, 0.05) is 0 Å². The molecule has 2 N–H and O–H groups in total. The van der Waals surface area contributed by atoms with E-state index in [1.807, 2.05) is 6.07 Å². The predicted molar refractivity (Wildman–Crippen MR) is 55.8 cm³/mol. The van der Waals surface area contributed by atoms with Crippen molar-refractivity contribution in [2.45, 2.75) is 31.6 Å². The maximum atomic E-state index is 13.6. The standard InChI is InChI=1S/C12H16FN/c13-11-6-2-5-9-3-1-4-10(7-8-14)12(9)11/h2,5-6,10H,1,3-4,7-8,14H2. The van der Waals surface area contributed by atoms with Gasteiger partial charge in [0.2, 0.25) is 0 Å². The van der Waals surface area contributed by atoms with Crippen molar-refractivity contribution in [1.29, 1.82) is 0 Å². The average molecular weight is 193 g/mol. The normalized spacial score (nSPS) is 20.6. The van der Waals surface area contributed by atoms with Crippen LogP contribution in [-0.4, -0.2) is 6.54 Å². The lowest BCUT2D eigenvalue weighted by molar-refractivity contribution is 0.489. The van der Waals surface area contributed by atoms with Crippen molar-refractivity contribution in [1.82, 2.24) is 0 Å². The number of hydrogen-bond acceptors (Lipinski definition) is 1. The summed E-state index contributed by atoms with van der Waals surface area (Å²) >= 11 is 0. The topological polar surface area (TPSA) is 26.0 Å². The van der Waals surface area contributed by atoms with Gasteiger partial charge in [0.15, 0.2) is 0 Å². The first-order valence-electron chi connectivity index (χ1n) is 5.30. The molecule has 1 nitrogen and oxygen atoms in total. The van der Waals surface area contributed by atoms with Crippen molar-refractivity contribution in [3.63, 3.8) is 0 Å². The van der Waals surface area contributed by atoms with Gasteiger partial charge >= 0.3 is 0 Å². The number of benzene rings is 1. The number of hydrogen-bond donors (Lipinski definition) is 1. The van der Waals surface area contributed by atoms with Crippen molar-refractivity contribution in [2.24, 2.45) is 5.73 Å². The molecule has 0 bridgehead atoms. The Morgan fingerprint density at radius 3 is 3.07 bits per heavy atom. The predicted octanol–water partition coefficient (Wildman–Crippen LogP) is 2.59. The molecule has 1 unspecified atom stereocenters. The van der Waals surface area contributed by atoms with Crippen molar-refractivity contribution >= 4 is 0 Å². The third-order valence-corrected chi connectivity index (χ3v) is 3.07. The van der Waals surface area contributed by atoms with Gasteiger partial charge in [-0.25, -0.2) is 4.39 Å². The molecule has 0 amide bonds. The van der Waals surface area contributed by atoms with Crippen LogP contribution in [-0.2, 0) is 6.42 Å². The number of halogens is 1. The van der Waals surface area contributed by atoms with Crippen LogP contribution in [0.15, 0.2) is 18.2 Å². The Morgan fingerprint density at radius 1 is 1.43 bits per heavy atom. The van der Waals surface area contributed by atoms with Crippen LogP contribution < -0.4 is 5.73 Å². The fourth-order valence-corrected chi connectivity index (χ4v) is 2.43. The highest BCUT2D eigenvalue weighted by Crippen LogP contribution is 2.35. The molecule has 76 valence electrons. The Morgan fingerprint density at radius 2 is 2.29 bits per heavy atom. The summed E-state index contributed by atoms with van der Waals surface area (Å²) in [6.45, 7) is 0.651. The zero-order valence-corrected chi connectivity index (χ0v) is 8.30. The lowest BCUT2D eigenvalue weighted by atomic mass is 9.81. The summed E-state index contributed by atoms with van der Waals surface area (Å²) in [5, 5.41) is 0. The molecule has 0 aromatic heterocycles. The minimum absolute atomic E-state index is 0.0411. The van der Waals surface area contributed by atoms with E-state index < -0.39 is 0 Å². The second kappa shape index (κ2) is 4.09. The van der Waals surface area contributed by atoms with Gasteiger partial charge in [-0.15, -0.1) is 0 Å². The van der Waals surface area contributed by atoms with Crippen LogP contribution >= 0.6 is 0 Å². The van der Waals surface area contributed by atoms with Crippen molar-refractivity contribution in [3.8, 4) is 0 Å².